The van der Waals surface area contributed by atoms with Gasteiger partial charge in [-0.15, -0.1) is 0 Å². The van der Waals surface area contributed by atoms with Crippen molar-refractivity contribution in [3.63, 3.8) is 0 Å². The molecule has 0 radical (unpaired) electrons. The molecule has 0 atom stereocenters. The molecule has 68 heavy (non-hydrogen) atoms. The minimum absolute atomic E-state index is 0.198. The molecule has 0 amide bonds. The zero-order chi connectivity index (χ0) is 45.7. The van der Waals surface area contributed by atoms with E-state index in [1.807, 2.05) is 0 Å². The first kappa shape index (κ1) is 40.1. The van der Waals surface area contributed by atoms with Gasteiger partial charge in [-0.25, -0.2) is 0 Å². The third-order valence-corrected chi connectivity index (χ3v) is 15.1. The maximum absolute atomic E-state index is 6.44. The van der Waals surface area contributed by atoms with E-state index < -0.39 is 0 Å². The van der Waals surface area contributed by atoms with Crippen LogP contribution in [0.1, 0.15) is 49.9 Å². The Hall–Kier alpha value is -8.20. The molecule has 324 valence electrons. The number of furan rings is 1. The first-order chi connectivity index (χ1) is 33.2. The van der Waals surface area contributed by atoms with Crippen LogP contribution in [0.5, 0.6) is 0 Å². The SMILES string of the molecule is CC1(C)c2cc3c(cc2-c2c(-c4ccccc4)cccc21)C(C)(C)c1cc(N(c2ccc(-c4ccccc4)cc2)c2ccccc2-c2ccccc2)cc(-c2ccc4oc5ccccc5c4c2)c1-3. The molecule has 0 unspecified atom stereocenters. The van der Waals surface area contributed by atoms with Crippen LogP contribution in [-0.4, -0.2) is 0 Å². The molecular weight excluding hydrogens is 823 g/mol. The molecule has 11 aromatic rings. The van der Waals surface area contributed by atoms with E-state index in [9.17, 15) is 0 Å². The summed E-state index contributed by atoms with van der Waals surface area (Å²) in [5.74, 6) is 0. The van der Waals surface area contributed by atoms with Crippen LogP contribution >= 0.6 is 0 Å². The van der Waals surface area contributed by atoms with Gasteiger partial charge in [0.2, 0.25) is 0 Å². The van der Waals surface area contributed by atoms with Gasteiger partial charge in [0.15, 0.2) is 0 Å². The summed E-state index contributed by atoms with van der Waals surface area (Å²) in [5, 5.41) is 2.25. The van der Waals surface area contributed by atoms with Gasteiger partial charge in [0.05, 0.1) is 5.69 Å². The van der Waals surface area contributed by atoms with Gasteiger partial charge in [-0.2, -0.15) is 0 Å². The number of anilines is 3. The molecule has 0 saturated carbocycles. The van der Waals surface area contributed by atoms with Crippen LogP contribution < -0.4 is 4.90 Å². The quantitative estimate of drug-likeness (QED) is 0.159. The minimum atomic E-state index is -0.340. The third kappa shape index (κ3) is 6.10. The number of rotatable bonds is 7. The highest BCUT2D eigenvalue weighted by Crippen LogP contribution is 2.60. The van der Waals surface area contributed by atoms with E-state index in [1.165, 1.54) is 83.5 Å². The molecule has 1 aromatic heterocycles. The lowest BCUT2D eigenvalue weighted by Gasteiger charge is -2.31. The molecule has 13 rings (SSSR count). The standard InChI is InChI=1S/C66H49NO/c1-65(2)56-28-18-27-50(45-23-12-7-13-24-45)63(56)54-40-58-55(41-57(54)65)64-52(46-33-36-62-53(37-46)51-26-15-17-30-61(51)68-62)38-48(39-59(64)66(58,3)4)67(47-34-31-43(32-35-47)42-19-8-5-9-20-42)60-29-16-14-25-49(60)44-21-10-6-11-22-44/h5-41H,1-4H3. The van der Waals surface area contributed by atoms with Crippen molar-refractivity contribution in [2.24, 2.45) is 0 Å². The van der Waals surface area contributed by atoms with Crippen molar-refractivity contribution in [1.29, 1.82) is 0 Å². The molecule has 1 heterocycles. The van der Waals surface area contributed by atoms with E-state index >= 15 is 0 Å². The van der Waals surface area contributed by atoms with E-state index in [1.54, 1.807) is 0 Å². The molecular formula is C66H49NO. The first-order valence-electron chi connectivity index (χ1n) is 23.8. The van der Waals surface area contributed by atoms with Gasteiger partial charge in [-0.3, -0.25) is 0 Å². The fourth-order valence-electron chi connectivity index (χ4n) is 11.6. The predicted molar refractivity (Wildman–Crippen MR) is 285 cm³/mol. The van der Waals surface area contributed by atoms with E-state index in [-0.39, 0.29) is 10.8 Å². The Morgan fingerprint density at radius 1 is 0.309 bits per heavy atom. The van der Waals surface area contributed by atoms with Crippen LogP contribution in [0.4, 0.5) is 17.1 Å². The van der Waals surface area contributed by atoms with Gasteiger partial charge in [0.1, 0.15) is 11.2 Å². The van der Waals surface area contributed by atoms with Crippen LogP contribution in [0.2, 0.25) is 0 Å². The summed E-state index contributed by atoms with van der Waals surface area (Å²) >= 11 is 0. The van der Waals surface area contributed by atoms with E-state index in [2.05, 4.69) is 257 Å². The molecule has 2 heteroatoms. The zero-order valence-electron chi connectivity index (χ0n) is 38.7. The molecule has 0 spiro atoms. The lowest BCUT2D eigenvalue weighted by atomic mass is 9.79. The molecule has 0 fully saturated rings. The van der Waals surface area contributed by atoms with Crippen molar-refractivity contribution in [3.05, 3.63) is 247 Å². The molecule has 0 bridgehead atoms. The predicted octanol–water partition coefficient (Wildman–Crippen LogP) is 18.3. The molecule has 0 N–H and O–H groups in total. The Morgan fingerprint density at radius 2 is 0.838 bits per heavy atom. The molecule has 2 nitrogen and oxygen atoms in total. The van der Waals surface area contributed by atoms with Crippen molar-refractivity contribution in [1.82, 2.24) is 0 Å². The number of benzene rings is 10. The second-order valence-electron chi connectivity index (χ2n) is 19.6. The molecule has 2 aliphatic rings. The average molecular weight is 872 g/mol. The fraction of sp³-hybridized carbons (Fsp3) is 0.0909. The molecule has 0 aliphatic heterocycles. The molecule has 10 aromatic carbocycles. The molecule has 2 aliphatic carbocycles. The van der Waals surface area contributed by atoms with Crippen molar-refractivity contribution in [2.75, 3.05) is 4.90 Å². The van der Waals surface area contributed by atoms with E-state index in [4.69, 9.17) is 4.42 Å². The third-order valence-electron chi connectivity index (χ3n) is 15.1. The normalized spacial score (nSPS) is 13.8. The van der Waals surface area contributed by atoms with Gasteiger partial charge in [-0.1, -0.05) is 191 Å². The van der Waals surface area contributed by atoms with Gasteiger partial charge in [0, 0.05) is 38.5 Å². The minimum Gasteiger partial charge on any atom is -0.456 e. The monoisotopic (exact) mass is 871 g/mol. The Morgan fingerprint density at radius 3 is 1.54 bits per heavy atom. The number of nitrogens with zero attached hydrogens (tertiary/aromatic N) is 1. The fourth-order valence-corrected chi connectivity index (χ4v) is 11.6. The van der Waals surface area contributed by atoms with Gasteiger partial charge in [-0.05, 0) is 144 Å². The number of hydrogen-bond acceptors (Lipinski definition) is 2. The highest BCUT2D eigenvalue weighted by atomic mass is 16.3. The number of para-hydroxylation sites is 2. The summed E-state index contributed by atoms with van der Waals surface area (Å²) < 4.78 is 6.44. The summed E-state index contributed by atoms with van der Waals surface area (Å²) in [6.07, 6.45) is 0. The second-order valence-corrected chi connectivity index (χ2v) is 19.6. The Bertz CT molecular complexity index is 3760. The highest BCUT2D eigenvalue weighted by Gasteiger charge is 2.44. The Kier molecular flexibility index (Phi) is 8.95. The lowest BCUT2D eigenvalue weighted by Crippen LogP contribution is -2.18. The van der Waals surface area contributed by atoms with Crippen LogP contribution in [-0.2, 0) is 10.8 Å². The maximum atomic E-state index is 6.44. The van der Waals surface area contributed by atoms with E-state index in [0.29, 0.717) is 0 Å². The van der Waals surface area contributed by atoms with E-state index in [0.717, 1.165) is 44.6 Å². The van der Waals surface area contributed by atoms with Crippen LogP contribution in [0.25, 0.3) is 88.7 Å². The summed E-state index contributed by atoms with van der Waals surface area (Å²) in [6.45, 7) is 9.69. The Labute approximate surface area is 398 Å². The lowest BCUT2D eigenvalue weighted by molar-refractivity contribution is 0.652. The van der Waals surface area contributed by atoms with Crippen LogP contribution in [0.15, 0.2) is 229 Å². The maximum Gasteiger partial charge on any atom is 0.135 e. The Balaban J connectivity index is 1.08. The number of fused-ring (bicyclic) bond motifs is 9. The van der Waals surface area contributed by atoms with Crippen molar-refractivity contribution in [2.45, 2.75) is 38.5 Å². The van der Waals surface area contributed by atoms with Crippen LogP contribution in [0.3, 0.4) is 0 Å². The number of hydrogen-bond donors (Lipinski definition) is 0. The highest BCUT2D eigenvalue weighted by molar-refractivity contribution is 6.08. The van der Waals surface area contributed by atoms with Crippen molar-refractivity contribution < 1.29 is 4.42 Å². The average Bonchev–Trinajstić information content (AvgIpc) is 3.95. The van der Waals surface area contributed by atoms with Gasteiger partial charge in [0.25, 0.3) is 0 Å². The molecule has 0 saturated heterocycles. The second kappa shape index (κ2) is 15.2. The topological polar surface area (TPSA) is 16.4 Å². The van der Waals surface area contributed by atoms with Crippen molar-refractivity contribution in [3.8, 4) is 66.8 Å². The van der Waals surface area contributed by atoms with Gasteiger partial charge < -0.3 is 9.32 Å². The summed E-state index contributed by atoms with van der Waals surface area (Å²) in [5.41, 5.74) is 25.0. The largest absolute Gasteiger partial charge is 0.456 e. The first-order valence-corrected chi connectivity index (χ1v) is 23.8. The summed E-state index contributed by atoms with van der Waals surface area (Å²) in [6, 6.07) is 82.5. The zero-order valence-corrected chi connectivity index (χ0v) is 38.7. The van der Waals surface area contributed by atoms with Crippen molar-refractivity contribution >= 4 is 39.0 Å². The summed E-state index contributed by atoms with van der Waals surface area (Å²) in [7, 11) is 0. The van der Waals surface area contributed by atoms with Gasteiger partial charge >= 0.3 is 0 Å². The smallest absolute Gasteiger partial charge is 0.135 e. The summed E-state index contributed by atoms with van der Waals surface area (Å²) in [4.78, 5) is 2.48. The van der Waals surface area contributed by atoms with Crippen LogP contribution in [0, 0.1) is 0 Å².